The third-order valence-electron chi connectivity index (χ3n) is 3.79. The molecule has 21 heavy (non-hydrogen) atoms. The van der Waals surface area contributed by atoms with Crippen LogP contribution >= 0.6 is 0 Å². The second-order valence-electron chi connectivity index (χ2n) is 5.07. The first kappa shape index (κ1) is 12.0. The molecule has 0 saturated carbocycles. The average molecular weight is 277 g/mol. The van der Waals surface area contributed by atoms with Gasteiger partial charge in [-0.05, 0) is 43.3 Å². The zero-order chi connectivity index (χ0) is 14.4. The average Bonchev–Trinajstić information content (AvgIpc) is 2.50. The Hall–Kier alpha value is -2.75. The maximum Gasteiger partial charge on any atom is 0.127 e. The summed E-state index contributed by atoms with van der Waals surface area (Å²) in [7, 11) is 0. The number of H-pyrrole nitrogens is 2. The number of rotatable bonds is 2. The molecule has 4 heteroatoms. The summed E-state index contributed by atoms with van der Waals surface area (Å²) in [6.45, 7) is 2.64. The number of aromatic amines is 2. The minimum Gasteiger partial charge on any atom is -0.493 e. The lowest BCUT2D eigenvalue weighted by Crippen LogP contribution is -1.99. The van der Waals surface area contributed by atoms with Gasteiger partial charge < -0.3 is 20.1 Å². The highest BCUT2D eigenvalue weighted by Crippen LogP contribution is 2.34. The first-order chi connectivity index (χ1) is 10.3. The molecule has 0 amide bonds. The van der Waals surface area contributed by atoms with Crippen LogP contribution in [0.1, 0.15) is 6.92 Å². The van der Waals surface area contributed by atoms with E-state index in [1.807, 2.05) is 49.5 Å². The van der Waals surface area contributed by atoms with Crippen LogP contribution in [0, 0.1) is 5.41 Å². The standard InChI is InChI=1S/C17H15N3O/c1-2-21-15-6-5-13-16-12(15)7-8-19-17(16)11-4-3-10(18)9-14(11)20-13/h3-9,18-20H,2H2,1H3. The molecule has 4 rings (SSSR count). The summed E-state index contributed by atoms with van der Waals surface area (Å²) < 4.78 is 5.73. The minimum absolute atomic E-state index is 0.503. The van der Waals surface area contributed by atoms with E-state index in [9.17, 15) is 0 Å². The summed E-state index contributed by atoms with van der Waals surface area (Å²) in [4.78, 5) is 6.76. The Bertz CT molecular complexity index is 1030. The number of ether oxygens (including phenoxy) is 1. The van der Waals surface area contributed by atoms with E-state index in [0.717, 1.165) is 38.5 Å². The van der Waals surface area contributed by atoms with Crippen molar-refractivity contribution in [1.82, 2.24) is 9.97 Å². The Morgan fingerprint density at radius 1 is 1.05 bits per heavy atom. The summed E-state index contributed by atoms with van der Waals surface area (Å²) in [5.41, 5.74) is 3.07. The van der Waals surface area contributed by atoms with E-state index in [-0.39, 0.29) is 0 Å². The summed E-state index contributed by atoms with van der Waals surface area (Å²) in [5, 5.41) is 11.6. The molecule has 0 radical (unpaired) electrons. The first-order valence-electron chi connectivity index (χ1n) is 7.01. The van der Waals surface area contributed by atoms with Crippen molar-refractivity contribution in [2.24, 2.45) is 0 Å². The van der Waals surface area contributed by atoms with E-state index < -0.39 is 0 Å². The lowest BCUT2D eigenvalue weighted by atomic mass is 10.0. The highest BCUT2D eigenvalue weighted by atomic mass is 16.5. The molecule has 0 unspecified atom stereocenters. The van der Waals surface area contributed by atoms with Crippen LogP contribution < -0.4 is 10.1 Å². The summed E-state index contributed by atoms with van der Waals surface area (Å²) in [6, 6.07) is 11.7. The van der Waals surface area contributed by atoms with Gasteiger partial charge in [0.05, 0.1) is 23.0 Å². The molecule has 4 aromatic rings. The van der Waals surface area contributed by atoms with E-state index in [2.05, 4.69) is 9.97 Å². The molecule has 0 aliphatic carbocycles. The quantitative estimate of drug-likeness (QED) is 0.380. The normalized spacial score (nSPS) is 11.5. The second-order valence-corrected chi connectivity index (χ2v) is 5.07. The number of pyridine rings is 2. The molecule has 3 N–H and O–H groups in total. The predicted octanol–water partition coefficient (Wildman–Crippen LogP) is 3.68. The Labute approximate surface area is 120 Å². The number of fused-ring (bicyclic) bond motifs is 2. The van der Waals surface area contributed by atoms with Crippen LogP contribution in [-0.2, 0) is 0 Å². The van der Waals surface area contributed by atoms with Crippen molar-refractivity contribution in [3.8, 4) is 5.75 Å². The van der Waals surface area contributed by atoms with E-state index in [1.165, 1.54) is 0 Å². The number of benzene rings is 2. The number of hydrogen-bond donors (Lipinski definition) is 3. The molecular weight excluding hydrogens is 262 g/mol. The van der Waals surface area contributed by atoms with Gasteiger partial charge in [0.25, 0.3) is 0 Å². The molecule has 2 aromatic heterocycles. The summed E-state index contributed by atoms with van der Waals surface area (Å²) in [5.74, 6) is 0.897. The largest absolute Gasteiger partial charge is 0.493 e. The van der Waals surface area contributed by atoms with Gasteiger partial charge in [0, 0.05) is 27.9 Å². The number of aromatic nitrogens is 2. The molecule has 0 aliphatic rings. The first-order valence-corrected chi connectivity index (χ1v) is 7.01. The molecule has 104 valence electrons. The molecule has 0 aliphatic heterocycles. The predicted molar refractivity (Wildman–Crippen MR) is 84.7 cm³/mol. The maximum atomic E-state index is 7.78. The zero-order valence-electron chi connectivity index (χ0n) is 11.7. The monoisotopic (exact) mass is 277 g/mol. The highest BCUT2D eigenvalue weighted by Gasteiger charge is 2.10. The van der Waals surface area contributed by atoms with Gasteiger partial charge in [-0.3, -0.25) is 0 Å². The van der Waals surface area contributed by atoms with Crippen LogP contribution in [0.5, 0.6) is 5.75 Å². The third kappa shape index (κ3) is 1.72. The topological polar surface area (TPSA) is 64.7 Å². The third-order valence-corrected chi connectivity index (χ3v) is 3.79. The van der Waals surface area contributed by atoms with E-state index in [0.29, 0.717) is 12.0 Å². The molecular formula is C17H15N3O. The van der Waals surface area contributed by atoms with Gasteiger partial charge in [0.1, 0.15) is 5.75 Å². The fourth-order valence-electron chi connectivity index (χ4n) is 2.92. The lowest BCUT2D eigenvalue weighted by Gasteiger charge is -2.13. The molecule has 0 atom stereocenters. The van der Waals surface area contributed by atoms with E-state index >= 15 is 0 Å². The van der Waals surface area contributed by atoms with Gasteiger partial charge in [-0.2, -0.15) is 0 Å². The smallest absolute Gasteiger partial charge is 0.127 e. The number of hydrogen-bond acceptors (Lipinski definition) is 2. The van der Waals surface area contributed by atoms with E-state index in [1.54, 1.807) is 0 Å². The van der Waals surface area contributed by atoms with Crippen molar-refractivity contribution in [3.05, 3.63) is 48.0 Å². The molecule has 0 bridgehead atoms. The fourth-order valence-corrected chi connectivity index (χ4v) is 2.92. The van der Waals surface area contributed by atoms with Crippen LogP contribution in [0.4, 0.5) is 0 Å². The molecule has 4 nitrogen and oxygen atoms in total. The lowest BCUT2D eigenvalue weighted by molar-refractivity contribution is 0.344. The van der Waals surface area contributed by atoms with Crippen LogP contribution in [-0.4, -0.2) is 16.6 Å². The van der Waals surface area contributed by atoms with Crippen molar-refractivity contribution in [1.29, 1.82) is 5.41 Å². The van der Waals surface area contributed by atoms with Crippen molar-refractivity contribution in [3.63, 3.8) is 0 Å². The van der Waals surface area contributed by atoms with Gasteiger partial charge >= 0.3 is 0 Å². The minimum atomic E-state index is 0.503. The highest BCUT2D eigenvalue weighted by molar-refractivity contribution is 6.18. The summed E-state index contributed by atoms with van der Waals surface area (Å²) >= 11 is 0. The molecule has 0 saturated heterocycles. The molecule has 0 spiro atoms. The van der Waals surface area contributed by atoms with Crippen LogP contribution in [0.3, 0.4) is 0 Å². The van der Waals surface area contributed by atoms with Crippen molar-refractivity contribution in [2.75, 3.05) is 6.61 Å². The molecule has 0 fully saturated rings. The Balaban J connectivity index is 2.24. The van der Waals surface area contributed by atoms with E-state index in [4.69, 9.17) is 10.1 Å². The molecule has 2 aromatic carbocycles. The molecule has 2 heterocycles. The van der Waals surface area contributed by atoms with Gasteiger partial charge in [-0.1, -0.05) is 0 Å². The maximum absolute atomic E-state index is 7.78. The van der Waals surface area contributed by atoms with Gasteiger partial charge in [0.15, 0.2) is 0 Å². The Morgan fingerprint density at radius 3 is 2.81 bits per heavy atom. The van der Waals surface area contributed by atoms with Crippen LogP contribution in [0.15, 0.2) is 42.6 Å². The Morgan fingerprint density at radius 2 is 1.95 bits per heavy atom. The Kier molecular flexibility index (Phi) is 2.51. The zero-order valence-corrected chi connectivity index (χ0v) is 11.7. The summed E-state index contributed by atoms with van der Waals surface area (Å²) in [6.07, 6.45) is 1.94. The van der Waals surface area contributed by atoms with Crippen molar-refractivity contribution in [2.45, 2.75) is 6.92 Å². The fraction of sp³-hybridized carbons (Fsp3) is 0.118. The SMILES string of the molecule is CCOc1ccc2[nH]c3cc(=N)ccc3c3[nH]ccc1c23. The number of nitrogens with one attached hydrogen (secondary N) is 3. The van der Waals surface area contributed by atoms with Crippen LogP contribution in [0.25, 0.3) is 32.7 Å². The van der Waals surface area contributed by atoms with Gasteiger partial charge in [0.2, 0.25) is 0 Å². The van der Waals surface area contributed by atoms with Crippen molar-refractivity contribution < 1.29 is 4.74 Å². The second kappa shape index (κ2) is 4.38. The van der Waals surface area contributed by atoms with Gasteiger partial charge in [-0.15, -0.1) is 0 Å². The van der Waals surface area contributed by atoms with Gasteiger partial charge in [-0.25, -0.2) is 0 Å². The van der Waals surface area contributed by atoms with Crippen molar-refractivity contribution >= 4 is 32.7 Å². The van der Waals surface area contributed by atoms with Crippen LogP contribution in [0.2, 0.25) is 0 Å².